The first kappa shape index (κ1) is 8.60. The lowest BCUT2D eigenvalue weighted by molar-refractivity contribution is -0.171. The van der Waals surface area contributed by atoms with Crippen LogP contribution in [0.2, 0.25) is 0 Å². The Morgan fingerprint density at radius 3 is 2.45 bits per heavy atom. The zero-order valence-corrected chi connectivity index (χ0v) is 7.68. The third-order valence-corrected chi connectivity index (χ3v) is 1.56. The number of rotatable bonds is 0. The molecule has 1 aliphatic heterocycles. The van der Waals surface area contributed by atoms with E-state index in [2.05, 4.69) is 20.8 Å². The van der Waals surface area contributed by atoms with Crippen molar-refractivity contribution in [2.24, 2.45) is 5.41 Å². The van der Waals surface area contributed by atoms with Crippen molar-refractivity contribution in [1.29, 1.82) is 0 Å². The summed E-state index contributed by atoms with van der Waals surface area (Å²) in [6.45, 7) is 9.01. The van der Waals surface area contributed by atoms with Crippen LogP contribution in [0.25, 0.3) is 0 Å². The van der Waals surface area contributed by atoms with Crippen molar-refractivity contribution in [2.45, 2.75) is 34.0 Å². The first-order chi connectivity index (χ1) is 5.00. The zero-order valence-electron chi connectivity index (χ0n) is 7.68. The first-order valence-electron chi connectivity index (χ1n) is 3.93. The van der Waals surface area contributed by atoms with E-state index in [1.165, 1.54) is 0 Å². The van der Waals surface area contributed by atoms with Crippen molar-refractivity contribution in [3.8, 4) is 0 Å². The van der Waals surface area contributed by atoms with Crippen molar-refractivity contribution in [3.63, 3.8) is 0 Å². The Kier molecular flexibility index (Phi) is 2.23. The molecule has 1 rings (SSSR count). The summed E-state index contributed by atoms with van der Waals surface area (Å²) in [6, 6.07) is 0. The van der Waals surface area contributed by atoms with Gasteiger partial charge in [0.2, 0.25) is 6.29 Å². The second-order valence-corrected chi connectivity index (χ2v) is 4.11. The summed E-state index contributed by atoms with van der Waals surface area (Å²) in [4.78, 5) is 0. The molecule has 1 atom stereocenters. The monoisotopic (exact) mass is 156 g/mol. The van der Waals surface area contributed by atoms with E-state index >= 15 is 0 Å². The molecule has 2 nitrogen and oxygen atoms in total. The fourth-order valence-corrected chi connectivity index (χ4v) is 0.913. The van der Waals surface area contributed by atoms with Crippen molar-refractivity contribution < 1.29 is 9.47 Å². The highest BCUT2D eigenvalue weighted by Crippen LogP contribution is 2.26. The Bertz CT molecular complexity index is 165. The highest BCUT2D eigenvalue weighted by atomic mass is 16.7. The van der Waals surface area contributed by atoms with Crippen LogP contribution in [0.1, 0.15) is 27.7 Å². The number of ether oxygens (including phenoxy) is 2. The number of hydrogen-bond donors (Lipinski definition) is 0. The van der Waals surface area contributed by atoms with Crippen molar-refractivity contribution in [1.82, 2.24) is 0 Å². The molecule has 0 aromatic heterocycles. The standard InChI is InChI=1S/C9H16O2/c1-7-5-10-8(11-6-7)9(2,3)4/h5,8H,6H2,1-4H3/t8-/m0/s1. The van der Waals surface area contributed by atoms with Gasteiger partial charge in [0, 0.05) is 5.41 Å². The summed E-state index contributed by atoms with van der Waals surface area (Å²) in [5.74, 6) is 0. The molecular formula is C9H16O2. The Morgan fingerprint density at radius 1 is 1.45 bits per heavy atom. The van der Waals surface area contributed by atoms with E-state index in [0.717, 1.165) is 5.57 Å². The average molecular weight is 156 g/mol. The molecule has 64 valence electrons. The molecule has 0 N–H and O–H groups in total. The SMILES string of the molecule is CC1=CO[C@H](C(C)(C)C)OC1. The van der Waals surface area contributed by atoms with Gasteiger partial charge in [-0.2, -0.15) is 0 Å². The van der Waals surface area contributed by atoms with Gasteiger partial charge in [-0.15, -0.1) is 0 Å². The molecule has 0 unspecified atom stereocenters. The van der Waals surface area contributed by atoms with E-state index in [1.54, 1.807) is 6.26 Å². The van der Waals surface area contributed by atoms with Gasteiger partial charge in [-0.1, -0.05) is 20.8 Å². The number of hydrogen-bond acceptors (Lipinski definition) is 2. The maximum Gasteiger partial charge on any atom is 0.204 e. The quantitative estimate of drug-likeness (QED) is 0.536. The van der Waals surface area contributed by atoms with Crippen LogP contribution in [0.3, 0.4) is 0 Å². The smallest absolute Gasteiger partial charge is 0.204 e. The van der Waals surface area contributed by atoms with E-state index in [4.69, 9.17) is 9.47 Å². The van der Waals surface area contributed by atoms with Gasteiger partial charge < -0.3 is 9.47 Å². The fraction of sp³-hybridized carbons (Fsp3) is 0.778. The van der Waals surface area contributed by atoms with Crippen LogP contribution in [0.4, 0.5) is 0 Å². The predicted molar refractivity (Wildman–Crippen MR) is 44.0 cm³/mol. The zero-order chi connectivity index (χ0) is 8.48. The summed E-state index contributed by atoms with van der Waals surface area (Å²) < 4.78 is 10.8. The predicted octanol–water partition coefficient (Wildman–Crippen LogP) is 2.31. The van der Waals surface area contributed by atoms with E-state index < -0.39 is 0 Å². The van der Waals surface area contributed by atoms with Crippen molar-refractivity contribution >= 4 is 0 Å². The Labute approximate surface area is 68.2 Å². The van der Waals surface area contributed by atoms with Crippen LogP contribution < -0.4 is 0 Å². The van der Waals surface area contributed by atoms with E-state index in [0.29, 0.717) is 6.61 Å². The van der Waals surface area contributed by atoms with Crippen LogP contribution in [0, 0.1) is 5.41 Å². The van der Waals surface area contributed by atoms with Crippen molar-refractivity contribution in [3.05, 3.63) is 11.8 Å². The lowest BCUT2D eigenvalue weighted by atomic mass is 9.96. The Morgan fingerprint density at radius 2 is 2.09 bits per heavy atom. The van der Waals surface area contributed by atoms with Crippen LogP contribution in [-0.2, 0) is 9.47 Å². The van der Waals surface area contributed by atoms with Crippen LogP contribution in [0.15, 0.2) is 11.8 Å². The van der Waals surface area contributed by atoms with Gasteiger partial charge in [0.1, 0.15) is 0 Å². The van der Waals surface area contributed by atoms with Gasteiger partial charge in [0.15, 0.2) is 0 Å². The van der Waals surface area contributed by atoms with Gasteiger partial charge in [-0.05, 0) is 12.5 Å². The van der Waals surface area contributed by atoms with Gasteiger partial charge in [0.25, 0.3) is 0 Å². The molecule has 0 fully saturated rings. The molecule has 0 aliphatic carbocycles. The first-order valence-corrected chi connectivity index (χ1v) is 3.93. The van der Waals surface area contributed by atoms with E-state index in [9.17, 15) is 0 Å². The second-order valence-electron chi connectivity index (χ2n) is 4.11. The summed E-state index contributed by atoms with van der Waals surface area (Å²) in [6.07, 6.45) is 1.70. The minimum absolute atomic E-state index is 0.0667. The summed E-state index contributed by atoms with van der Waals surface area (Å²) in [5, 5.41) is 0. The largest absolute Gasteiger partial charge is 0.472 e. The molecule has 0 saturated carbocycles. The third-order valence-electron chi connectivity index (χ3n) is 1.56. The Balaban J connectivity index is 2.54. The highest BCUT2D eigenvalue weighted by Gasteiger charge is 2.28. The fourth-order valence-electron chi connectivity index (χ4n) is 0.913. The summed E-state index contributed by atoms with van der Waals surface area (Å²) in [5.41, 5.74) is 1.21. The molecule has 0 bridgehead atoms. The molecule has 0 aromatic carbocycles. The molecular weight excluding hydrogens is 140 g/mol. The lowest BCUT2D eigenvalue weighted by Gasteiger charge is -2.32. The van der Waals surface area contributed by atoms with Crippen LogP contribution in [-0.4, -0.2) is 12.9 Å². The normalized spacial score (nSPS) is 25.8. The molecule has 1 aliphatic rings. The minimum atomic E-state index is -0.0915. The lowest BCUT2D eigenvalue weighted by Crippen LogP contribution is -2.33. The van der Waals surface area contributed by atoms with Gasteiger partial charge in [-0.3, -0.25) is 0 Å². The Hall–Kier alpha value is -0.500. The highest BCUT2D eigenvalue weighted by molar-refractivity contribution is 4.96. The maximum atomic E-state index is 5.46. The molecule has 1 heterocycles. The molecule has 2 heteroatoms. The van der Waals surface area contributed by atoms with Crippen molar-refractivity contribution in [2.75, 3.05) is 6.61 Å². The molecule has 11 heavy (non-hydrogen) atoms. The summed E-state index contributed by atoms with van der Waals surface area (Å²) >= 11 is 0. The van der Waals surface area contributed by atoms with Gasteiger partial charge in [-0.25, -0.2) is 0 Å². The topological polar surface area (TPSA) is 18.5 Å². The van der Waals surface area contributed by atoms with Gasteiger partial charge in [0.05, 0.1) is 12.9 Å². The van der Waals surface area contributed by atoms with E-state index in [1.807, 2.05) is 6.92 Å². The molecule has 0 amide bonds. The molecule has 0 aromatic rings. The van der Waals surface area contributed by atoms with Crippen LogP contribution >= 0.6 is 0 Å². The molecule has 0 radical (unpaired) electrons. The third kappa shape index (κ3) is 2.22. The second kappa shape index (κ2) is 2.86. The molecule has 0 spiro atoms. The van der Waals surface area contributed by atoms with Crippen LogP contribution in [0.5, 0.6) is 0 Å². The summed E-state index contributed by atoms with van der Waals surface area (Å²) in [7, 11) is 0. The molecule has 0 saturated heterocycles. The van der Waals surface area contributed by atoms with E-state index in [-0.39, 0.29) is 11.7 Å². The maximum absolute atomic E-state index is 5.46. The average Bonchev–Trinajstić information content (AvgIpc) is 1.86. The van der Waals surface area contributed by atoms with Gasteiger partial charge >= 0.3 is 0 Å². The minimum Gasteiger partial charge on any atom is -0.472 e.